The van der Waals surface area contributed by atoms with Gasteiger partial charge in [-0.25, -0.2) is 0 Å². The van der Waals surface area contributed by atoms with Crippen LogP contribution in [0.3, 0.4) is 0 Å². The number of rotatable bonds is 6. The van der Waals surface area contributed by atoms with E-state index in [1.807, 2.05) is 31.2 Å². The Kier molecular flexibility index (Phi) is 5.69. The minimum absolute atomic E-state index is 0.0712. The van der Waals surface area contributed by atoms with Crippen LogP contribution in [0, 0.1) is 5.92 Å². The third-order valence-corrected chi connectivity index (χ3v) is 3.07. The SMILES string of the molecule is CCc1cccc(OCC(=O)N[C@@H](C)C(C)C)c1. The first-order chi connectivity index (χ1) is 8.52. The van der Waals surface area contributed by atoms with Gasteiger partial charge in [-0.1, -0.05) is 32.9 Å². The average Bonchev–Trinajstić information content (AvgIpc) is 2.36. The van der Waals surface area contributed by atoms with E-state index >= 15 is 0 Å². The Morgan fingerprint density at radius 2 is 2.06 bits per heavy atom. The van der Waals surface area contributed by atoms with Gasteiger partial charge in [0.25, 0.3) is 5.91 Å². The Bertz CT molecular complexity index is 388. The van der Waals surface area contributed by atoms with Crippen molar-refractivity contribution in [3.8, 4) is 5.75 Å². The molecular weight excluding hydrogens is 226 g/mol. The molecule has 3 nitrogen and oxygen atoms in total. The first kappa shape index (κ1) is 14.6. The molecule has 0 saturated carbocycles. The fraction of sp³-hybridized carbons (Fsp3) is 0.533. The van der Waals surface area contributed by atoms with Crippen LogP contribution in [0.15, 0.2) is 24.3 Å². The van der Waals surface area contributed by atoms with Crippen LogP contribution in [0.2, 0.25) is 0 Å². The number of hydrogen-bond donors (Lipinski definition) is 1. The second kappa shape index (κ2) is 7.04. The zero-order valence-electron chi connectivity index (χ0n) is 11.7. The molecule has 1 amide bonds. The summed E-state index contributed by atoms with van der Waals surface area (Å²) in [5.41, 5.74) is 1.21. The summed E-state index contributed by atoms with van der Waals surface area (Å²) in [6.07, 6.45) is 0.966. The number of benzene rings is 1. The molecule has 1 rings (SSSR count). The highest BCUT2D eigenvalue weighted by Gasteiger charge is 2.11. The first-order valence-corrected chi connectivity index (χ1v) is 6.54. The van der Waals surface area contributed by atoms with Crippen LogP contribution in [-0.4, -0.2) is 18.6 Å². The van der Waals surface area contributed by atoms with Crippen molar-refractivity contribution in [2.75, 3.05) is 6.61 Å². The number of aryl methyl sites for hydroxylation is 1. The van der Waals surface area contributed by atoms with Crippen molar-refractivity contribution in [3.05, 3.63) is 29.8 Å². The molecule has 0 radical (unpaired) electrons. The Balaban J connectivity index is 2.42. The zero-order chi connectivity index (χ0) is 13.5. The van der Waals surface area contributed by atoms with Crippen molar-refractivity contribution in [2.24, 2.45) is 5.92 Å². The first-order valence-electron chi connectivity index (χ1n) is 6.54. The van der Waals surface area contributed by atoms with Crippen LogP contribution in [0.1, 0.15) is 33.3 Å². The molecule has 1 aromatic carbocycles. The molecular formula is C15H23NO2. The van der Waals surface area contributed by atoms with Gasteiger partial charge in [0.05, 0.1) is 0 Å². The summed E-state index contributed by atoms with van der Waals surface area (Å²) in [7, 11) is 0. The molecule has 18 heavy (non-hydrogen) atoms. The fourth-order valence-electron chi connectivity index (χ4n) is 1.47. The molecule has 0 aliphatic heterocycles. The molecule has 0 heterocycles. The molecule has 0 unspecified atom stereocenters. The Morgan fingerprint density at radius 3 is 2.67 bits per heavy atom. The molecule has 0 fully saturated rings. The third-order valence-electron chi connectivity index (χ3n) is 3.07. The van der Waals surface area contributed by atoms with Gasteiger partial charge >= 0.3 is 0 Å². The molecule has 1 aromatic rings. The standard InChI is InChI=1S/C15H23NO2/c1-5-13-7-6-8-14(9-13)18-10-15(17)16-12(4)11(2)3/h6-9,11-12H,5,10H2,1-4H3,(H,16,17)/t12-/m0/s1. The predicted octanol–water partition coefficient (Wildman–Crippen LogP) is 2.79. The minimum atomic E-state index is -0.0712. The maximum Gasteiger partial charge on any atom is 0.258 e. The van der Waals surface area contributed by atoms with E-state index in [1.54, 1.807) is 0 Å². The number of amides is 1. The summed E-state index contributed by atoms with van der Waals surface area (Å²) < 4.78 is 5.48. The number of nitrogens with one attached hydrogen (secondary N) is 1. The van der Waals surface area contributed by atoms with E-state index in [2.05, 4.69) is 26.1 Å². The van der Waals surface area contributed by atoms with Crippen LogP contribution in [0.25, 0.3) is 0 Å². The quantitative estimate of drug-likeness (QED) is 0.842. The van der Waals surface area contributed by atoms with Gasteiger partial charge in [0.15, 0.2) is 6.61 Å². The van der Waals surface area contributed by atoms with Crippen molar-refractivity contribution in [1.82, 2.24) is 5.32 Å². The zero-order valence-corrected chi connectivity index (χ0v) is 11.7. The van der Waals surface area contributed by atoms with Crippen LogP contribution >= 0.6 is 0 Å². The van der Waals surface area contributed by atoms with Crippen molar-refractivity contribution in [1.29, 1.82) is 0 Å². The summed E-state index contributed by atoms with van der Waals surface area (Å²) >= 11 is 0. The van der Waals surface area contributed by atoms with E-state index in [1.165, 1.54) is 5.56 Å². The Morgan fingerprint density at radius 1 is 1.33 bits per heavy atom. The highest BCUT2D eigenvalue weighted by molar-refractivity contribution is 5.77. The predicted molar refractivity (Wildman–Crippen MR) is 73.8 cm³/mol. The second-order valence-electron chi connectivity index (χ2n) is 4.89. The lowest BCUT2D eigenvalue weighted by Gasteiger charge is -2.17. The van der Waals surface area contributed by atoms with Gasteiger partial charge in [-0.2, -0.15) is 0 Å². The fourth-order valence-corrected chi connectivity index (χ4v) is 1.47. The molecule has 0 aliphatic rings. The average molecular weight is 249 g/mol. The van der Waals surface area contributed by atoms with Crippen molar-refractivity contribution in [3.63, 3.8) is 0 Å². The van der Waals surface area contributed by atoms with Gasteiger partial charge in [-0.15, -0.1) is 0 Å². The molecule has 0 saturated heterocycles. The molecule has 0 spiro atoms. The monoisotopic (exact) mass is 249 g/mol. The van der Waals surface area contributed by atoms with Gasteiger partial charge in [0.1, 0.15) is 5.75 Å². The van der Waals surface area contributed by atoms with Crippen molar-refractivity contribution < 1.29 is 9.53 Å². The van der Waals surface area contributed by atoms with Crippen LogP contribution in [0.4, 0.5) is 0 Å². The summed E-state index contributed by atoms with van der Waals surface area (Å²) in [5, 5.41) is 2.91. The minimum Gasteiger partial charge on any atom is -0.484 e. The topological polar surface area (TPSA) is 38.3 Å². The maximum atomic E-state index is 11.6. The Hall–Kier alpha value is -1.51. The van der Waals surface area contributed by atoms with Gasteiger partial charge in [-0.3, -0.25) is 4.79 Å². The number of carbonyl (C=O) groups is 1. The lowest BCUT2D eigenvalue weighted by Crippen LogP contribution is -2.38. The highest BCUT2D eigenvalue weighted by atomic mass is 16.5. The van der Waals surface area contributed by atoms with Crippen LogP contribution in [0.5, 0.6) is 5.75 Å². The molecule has 0 bridgehead atoms. The van der Waals surface area contributed by atoms with Crippen molar-refractivity contribution in [2.45, 2.75) is 40.2 Å². The third kappa shape index (κ3) is 4.78. The van der Waals surface area contributed by atoms with E-state index in [4.69, 9.17) is 4.74 Å². The van der Waals surface area contributed by atoms with Gasteiger partial charge in [0.2, 0.25) is 0 Å². The van der Waals surface area contributed by atoms with E-state index < -0.39 is 0 Å². The number of hydrogen-bond acceptors (Lipinski definition) is 2. The number of carbonyl (C=O) groups excluding carboxylic acids is 1. The number of ether oxygens (including phenoxy) is 1. The van der Waals surface area contributed by atoms with E-state index in [0.717, 1.165) is 12.2 Å². The largest absolute Gasteiger partial charge is 0.484 e. The smallest absolute Gasteiger partial charge is 0.258 e. The van der Waals surface area contributed by atoms with Crippen molar-refractivity contribution >= 4 is 5.91 Å². The second-order valence-corrected chi connectivity index (χ2v) is 4.89. The Labute approximate surface area is 110 Å². The van der Waals surface area contributed by atoms with Gasteiger partial charge in [0, 0.05) is 6.04 Å². The molecule has 1 atom stereocenters. The normalized spacial score (nSPS) is 12.3. The van der Waals surface area contributed by atoms with Gasteiger partial charge in [-0.05, 0) is 37.0 Å². The van der Waals surface area contributed by atoms with E-state index in [-0.39, 0.29) is 18.6 Å². The van der Waals surface area contributed by atoms with E-state index in [9.17, 15) is 4.79 Å². The molecule has 0 aromatic heterocycles. The molecule has 100 valence electrons. The molecule has 0 aliphatic carbocycles. The highest BCUT2D eigenvalue weighted by Crippen LogP contribution is 2.13. The lowest BCUT2D eigenvalue weighted by molar-refractivity contribution is -0.124. The lowest BCUT2D eigenvalue weighted by atomic mass is 10.1. The van der Waals surface area contributed by atoms with Gasteiger partial charge < -0.3 is 10.1 Å². The maximum absolute atomic E-state index is 11.6. The summed E-state index contributed by atoms with van der Waals surface area (Å²) in [4.78, 5) is 11.6. The van der Waals surface area contributed by atoms with Crippen LogP contribution < -0.4 is 10.1 Å². The molecule has 1 N–H and O–H groups in total. The van der Waals surface area contributed by atoms with Crippen LogP contribution in [-0.2, 0) is 11.2 Å². The summed E-state index contributed by atoms with van der Waals surface area (Å²) in [6, 6.07) is 8.01. The summed E-state index contributed by atoms with van der Waals surface area (Å²) in [5.74, 6) is 1.11. The molecule has 3 heteroatoms. The summed E-state index contributed by atoms with van der Waals surface area (Å²) in [6.45, 7) is 8.33. The van der Waals surface area contributed by atoms with E-state index in [0.29, 0.717) is 5.92 Å².